The number of H-pyrrole nitrogens is 1. The van der Waals surface area contributed by atoms with Gasteiger partial charge in [0.1, 0.15) is 11.0 Å². The molecule has 27 heavy (non-hydrogen) atoms. The fourth-order valence-corrected chi connectivity index (χ4v) is 2.94. The lowest BCUT2D eigenvalue weighted by Crippen LogP contribution is -2.01. The molecule has 0 radical (unpaired) electrons. The number of carbonyl (C=O) groups is 1. The van der Waals surface area contributed by atoms with Crippen LogP contribution in [0.2, 0.25) is 0 Å². The normalized spacial score (nSPS) is 11.3. The van der Waals surface area contributed by atoms with Crippen LogP contribution in [-0.2, 0) is 4.74 Å². The van der Waals surface area contributed by atoms with Crippen LogP contribution in [0.1, 0.15) is 10.4 Å². The highest BCUT2D eigenvalue weighted by atomic mass is 16.5. The topological polar surface area (TPSA) is 107 Å². The number of carbonyl (C=O) groups excluding carboxylic acids is 1. The maximum Gasteiger partial charge on any atom is 0.340 e. The second-order valence-corrected chi connectivity index (χ2v) is 5.77. The zero-order valence-electron chi connectivity index (χ0n) is 14.1. The monoisotopic (exact) mass is 360 g/mol. The molecular formula is C19H12N4O4. The fraction of sp³-hybridized carbons (Fsp3) is 0.0526. The SMILES string of the molecule is COC(=O)c1cccc2oc(-c3cccc4oc(-c5ncc[nH]5)nc34)nc12. The Morgan fingerprint density at radius 1 is 1.00 bits per heavy atom. The second kappa shape index (κ2) is 5.80. The lowest BCUT2D eigenvalue weighted by Gasteiger charge is -1.97. The Bertz CT molecular complexity index is 1280. The largest absolute Gasteiger partial charge is 0.465 e. The molecule has 0 aliphatic heterocycles. The van der Waals surface area contributed by atoms with E-state index in [-0.39, 0.29) is 0 Å². The maximum atomic E-state index is 12.0. The summed E-state index contributed by atoms with van der Waals surface area (Å²) in [6, 6.07) is 10.6. The van der Waals surface area contributed by atoms with Crippen LogP contribution in [0.25, 0.3) is 45.4 Å². The zero-order chi connectivity index (χ0) is 18.4. The van der Waals surface area contributed by atoms with Crippen molar-refractivity contribution in [3.8, 4) is 23.2 Å². The number of aromatic nitrogens is 4. The molecule has 5 rings (SSSR count). The molecule has 132 valence electrons. The van der Waals surface area contributed by atoms with Gasteiger partial charge < -0.3 is 18.6 Å². The minimum atomic E-state index is -0.472. The third kappa shape index (κ3) is 2.38. The van der Waals surface area contributed by atoms with E-state index in [9.17, 15) is 4.79 Å². The molecule has 0 fully saturated rings. The van der Waals surface area contributed by atoms with Crippen molar-refractivity contribution in [2.45, 2.75) is 0 Å². The van der Waals surface area contributed by atoms with E-state index in [1.54, 1.807) is 36.7 Å². The third-order valence-corrected chi connectivity index (χ3v) is 4.17. The van der Waals surface area contributed by atoms with E-state index >= 15 is 0 Å². The van der Waals surface area contributed by atoms with Crippen molar-refractivity contribution in [3.05, 3.63) is 54.4 Å². The number of nitrogens with one attached hydrogen (secondary N) is 1. The van der Waals surface area contributed by atoms with E-state index in [4.69, 9.17) is 13.6 Å². The Kier molecular flexibility index (Phi) is 3.29. The first-order chi connectivity index (χ1) is 13.2. The van der Waals surface area contributed by atoms with Crippen molar-refractivity contribution in [1.29, 1.82) is 0 Å². The highest BCUT2D eigenvalue weighted by molar-refractivity contribution is 6.02. The summed E-state index contributed by atoms with van der Waals surface area (Å²) >= 11 is 0. The molecule has 8 nitrogen and oxygen atoms in total. The van der Waals surface area contributed by atoms with Crippen LogP contribution < -0.4 is 0 Å². The molecule has 0 saturated heterocycles. The molecule has 0 spiro atoms. The van der Waals surface area contributed by atoms with Gasteiger partial charge in [0.05, 0.1) is 18.2 Å². The van der Waals surface area contributed by atoms with Gasteiger partial charge in [-0.3, -0.25) is 0 Å². The molecule has 0 unspecified atom stereocenters. The summed E-state index contributed by atoms with van der Waals surface area (Å²) in [7, 11) is 1.33. The molecular weight excluding hydrogens is 348 g/mol. The zero-order valence-corrected chi connectivity index (χ0v) is 14.1. The van der Waals surface area contributed by atoms with Gasteiger partial charge in [0.2, 0.25) is 5.89 Å². The maximum absolute atomic E-state index is 12.0. The Morgan fingerprint density at radius 2 is 1.74 bits per heavy atom. The highest BCUT2D eigenvalue weighted by Crippen LogP contribution is 2.33. The van der Waals surface area contributed by atoms with E-state index in [1.807, 2.05) is 12.1 Å². The molecule has 1 N–H and O–H groups in total. The van der Waals surface area contributed by atoms with Gasteiger partial charge in [-0.2, -0.15) is 0 Å². The van der Waals surface area contributed by atoms with Crippen molar-refractivity contribution in [2.24, 2.45) is 0 Å². The van der Waals surface area contributed by atoms with Gasteiger partial charge in [-0.25, -0.2) is 19.7 Å². The van der Waals surface area contributed by atoms with Gasteiger partial charge in [0.25, 0.3) is 5.89 Å². The molecule has 0 atom stereocenters. The van der Waals surface area contributed by atoms with Crippen LogP contribution >= 0.6 is 0 Å². The summed E-state index contributed by atoms with van der Waals surface area (Å²) in [4.78, 5) is 28.1. The first kappa shape index (κ1) is 15.3. The van der Waals surface area contributed by atoms with Crippen molar-refractivity contribution >= 4 is 28.2 Å². The molecule has 0 bridgehead atoms. The molecule has 0 aliphatic rings. The van der Waals surface area contributed by atoms with E-state index in [2.05, 4.69) is 19.9 Å². The van der Waals surface area contributed by atoms with Crippen LogP contribution in [0.4, 0.5) is 0 Å². The molecule has 2 aromatic carbocycles. The summed E-state index contributed by atoms with van der Waals surface area (Å²) < 4.78 is 16.5. The van der Waals surface area contributed by atoms with E-state index in [0.717, 1.165) is 0 Å². The average Bonchev–Trinajstić information content (AvgIpc) is 3.44. The summed E-state index contributed by atoms with van der Waals surface area (Å²) in [5, 5.41) is 0. The molecule has 3 heterocycles. The predicted octanol–water partition coefficient (Wildman–Crippen LogP) is 3.81. The number of para-hydroxylation sites is 2. The van der Waals surface area contributed by atoms with E-state index < -0.39 is 5.97 Å². The van der Waals surface area contributed by atoms with Gasteiger partial charge >= 0.3 is 5.97 Å². The Morgan fingerprint density at radius 3 is 2.52 bits per heavy atom. The van der Waals surface area contributed by atoms with E-state index in [0.29, 0.717) is 50.9 Å². The van der Waals surface area contributed by atoms with Crippen LogP contribution in [0.15, 0.2) is 57.6 Å². The lowest BCUT2D eigenvalue weighted by molar-refractivity contribution is 0.0602. The first-order valence-corrected chi connectivity index (χ1v) is 8.12. The second-order valence-electron chi connectivity index (χ2n) is 5.77. The van der Waals surface area contributed by atoms with Gasteiger partial charge in [-0.1, -0.05) is 12.1 Å². The molecule has 0 saturated carbocycles. The minimum absolute atomic E-state index is 0.339. The number of hydrogen-bond donors (Lipinski definition) is 1. The lowest BCUT2D eigenvalue weighted by atomic mass is 10.2. The standard InChI is InChI=1S/C19H12N4O4/c1-25-19(24)11-5-3-7-13-15(11)22-17(26-13)10-4-2-6-12-14(10)23-18(27-12)16-20-8-9-21-16/h2-9H,1H3,(H,20,21). The van der Waals surface area contributed by atoms with Crippen molar-refractivity contribution in [1.82, 2.24) is 19.9 Å². The number of esters is 1. The number of nitrogens with zero attached hydrogens (tertiary/aromatic N) is 3. The Labute approximate surface area is 151 Å². The molecule has 0 amide bonds. The minimum Gasteiger partial charge on any atom is -0.465 e. The smallest absolute Gasteiger partial charge is 0.340 e. The van der Waals surface area contributed by atoms with Crippen LogP contribution in [0.3, 0.4) is 0 Å². The van der Waals surface area contributed by atoms with Crippen LogP contribution in [-0.4, -0.2) is 33.0 Å². The Hall–Kier alpha value is -3.94. The van der Waals surface area contributed by atoms with Gasteiger partial charge in [0, 0.05) is 12.4 Å². The van der Waals surface area contributed by atoms with Gasteiger partial charge in [0.15, 0.2) is 17.0 Å². The summed E-state index contributed by atoms with van der Waals surface area (Å²) in [5.41, 5.74) is 3.09. The van der Waals surface area contributed by atoms with Crippen molar-refractivity contribution in [2.75, 3.05) is 7.11 Å². The summed E-state index contributed by atoms with van der Waals surface area (Å²) in [5.74, 6) is 0.767. The molecule has 5 aromatic rings. The van der Waals surface area contributed by atoms with Crippen molar-refractivity contribution < 1.29 is 18.4 Å². The number of aromatic amines is 1. The van der Waals surface area contributed by atoms with Gasteiger partial charge in [-0.05, 0) is 24.3 Å². The van der Waals surface area contributed by atoms with Crippen LogP contribution in [0, 0.1) is 0 Å². The Balaban J connectivity index is 1.70. The number of imidazole rings is 1. The number of rotatable bonds is 3. The number of ether oxygens (including phenoxy) is 1. The summed E-state index contributed by atoms with van der Waals surface area (Å²) in [6.07, 6.45) is 3.32. The first-order valence-electron chi connectivity index (χ1n) is 8.12. The highest BCUT2D eigenvalue weighted by Gasteiger charge is 2.20. The fourth-order valence-electron chi connectivity index (χ4n) is 2.94. The average molecular weight is 360 g/mol. The van der Waals surface area contributed by atoms with E-state index in [1.165, 1.54) is 7.11 Å². The predicted molar refractivity (Wildman–Crippen MR) is 95.9 cm³/mol. The molecule has 3 aromatic heterocycles. The van der Waals surface area contributed by atoms with Crippen LogP contribution in [0.5, 0.6) is 0 Å². The molecule has 8 heteroatoms. The van der Waals surface area contributed by atoms with Gasteiger partial charge in [-0.15, -0.1) is 0 Å². The molecule has 0 aliphatic carbocycles. The number of fused-ring (bicyclic) bond motifs is 2. The van der Waals surface area contributed by atoms with Crippen molar-refractivity contribution in [3.63, 3.8) is 0 Å². The number of oxazole rings is 2. The summed E-state index contributed by atoms with van der Waals surface area (Å²) in [6.45, 7) is 0. The number of benzene rings is 2. The quantitative estimate of drug-likeness (QED) is 0.487. The number of hydrogen-bond acceptors (Lipinski definition) is 7. The third-order valence-electron chi connectivity index (χ3n) is 4.17. The number of methoxy groups -OCH3 is 1.